The predicted molar refractivity (Wildman–Crippen MR) is 256 cm³/mol. The molecular weight excluding hydrogens is 944 g/mol. The monoisotopic (exact) mass is 980 g/mol. The highest BCUT2D eigenvalue weighted by Gasteiger charge is 2.51. The fourth-order valence-electron chi connectivity index (χ4n) is 6.51. The second kappa shape index (κ2) is 20.1. The summed E-state index contributed by atoms with van der Waals surface area (Å²) in [5.41, 5.74) is 10.1. The molecule has 0 amide bonds. The lowest BCUT2D eigenvalue weighted by molar-refractivity contribution is 0.00578. The third-order valence-corrected chi connectivity index (χ3v) is 13.0. The second-order valence-corrected chi connectivity index (χ2v) is 18.2. The standard InChI is InChI=1S/C20H11ClFN3S.C14H8BrClFNS.C12H15BN2O2.CH4/c21-15-3-1-2-13(7-15)18-19(22)14(8-17-20(18)25-11-26-17)6-12-4-5-16(9-23)24-10-12;15-6-9-5-11-14(18-7-19-11)12(13(9)17)8-2-1-3-10(16)4-8;1-11(2)12(3,4)17-13(16-11)9-5-6-10(7-14)15-8-9;/h1-5,7-8,10-11H,6H2;1-5,7H,6H2;5-6,8H,1-4H3;1H4. The molecule has 1 aliphatic heterocycles. The number of aromatic nitrogens is 4. The lowest BCUT2D eigenvalue weighted by atomic mass is 9.80. The molecule has 4 aromatic carbocycles. The normalized spacial score (nSPS) is 13.5. The third-order valence-electron chi connectivity index (χ3n) is 10.4. The summed E-state index contributed by atoms with van der Waals surface area (Å²) in [6, 6.07) is 28.9. The van der Waals surface area contributed by atoms with Crippen molar-refractivity contribution in [3.05, 3.63) is 158 Å². The topological polar surface area (TPSA) is 118 Å². The van der Waals surface area contributed by atoms with Crippen LogP contribution in [0.2, 0.25) is 10.0 Å². The molecule has 0 bridgehead atoms. The Hall–Kier alpha value is -5.16. The van der Waals surface area contributed by atoms with Crippen molar-refractivity contribution in [2.75, 3.05) is 0 Å². The summed E-state index contributed by atoms with van der Waals surface area (Å²) in [6.45, 7) is 8.02. The number of nitriles is 2. The molecule has 0 saturated carbocycles. The fraction of sp³-hybridized carbons (Fsp3) is 0.191. The van der Waals surface area contributed by atoms with Gasteiger partial charge in [0.15, 0.2) is 0 Å². The Morgan fingerprint density at radius 2 is 1.17 bits per heavy atom. The number of alkyl halides is 1. The fourth-order valence-corrected chi connectivity index (χ4v) is 8.79. The smallest absolute Gasteiger partial charge is 0.399 e. The first-order valence-corrected chi connectivity index (χ1v) is 22.6. The molecular formula is C47H38BBrCl2F2N6O2S2. The highest BCUT2D eigenvalue weighted by atomic mass is 79.9. The van der Waals surface area contributed by atoms with E-state index in [0.717, 1.165) is 26.0 Å². The van der Waals surface area contributed by atoms with E-state index in [1.165, 1.54) is 22.7 Å². The van der Waals surface area contributed by atoms with Gasteiger partial charge in [0, 0.05) is 56.3 Å². The van der Waals surface area contributed by atoms with Crippen molar-refractivity contribution in [2.45, 2.75) is 58.1 Å². The second-order valence-electron chi connectivity index (χ2n) is 15.0. The third kappa shape index (κ3) is 10.5. The summed E-state index contributed by atoms with van der Waals surface area (Å²) in [4.78, 5) is 16.7. The molecule has 318 valence electrons. The number of hydrogen-bond acceptors (Lipinski definition) is 10. The average Bonchev–Trinajstić information content (AvgIpc) is 3.98. The average molecular weight is 983 g/mol. The number of rotatable bonds is 6. The Balaban J connectivity index is 0.000000161. The van der Waals surface area contributed by atoms with Gasteiger partial charge in [-0.25, -0.2) is 28.7 Å². The zero-order valence-electron chi connectivity index (χ0n) is 33.6. The highest BCUT2D eigenvalue weighted by Crippen LogP contribution is 2.39. The number of halogens is 5. The molecule has 8 aromatic rings. The predicted octanol–water partition coefficient (Wildman–Crippen LogP) is 13.2. The minimum absolute atomic E-state index is 0. The van der Waals surface area contributed by atoms with Gasteiger partial charge in [0.1, 0.15) is 35.2 Å². The van der Waals surface area contributed by atoms with Crippen LogP contribution in [-0.2, 0) is 21.1 Å². The van der Waals surface area contributed by atoms with Gasteiger partial charge in [-0.1, -0.05) is 83.0 Å². The summed E-state index contributed by atoms with van der Waals surface area (Å²) < 4.78 is 43.6. The van der Waals surface area contributed by atoms with Crippen LogP contribution in [0.1, 0.15) is 63.2 Å². The number of fused-ring (bicyclic) bond motifs is 2. The molecule has 0 atom stereocenters. The van der Waals surface area contributed by atoms with Crippen LogP contribution in [0.3, 0.4) is 0 Å². The van der Waals surface area contributed by atoms with Crippen molar-refractivity contribution in [2.24, 2.45) is 0 Å². The number of benzene rings is 4. The van der Waals surface area contributed by atoms with Gasteiger partial charge in [0.25, 0.3) is 0 Å². The van der Waals surface area contributed by atoms with Gasteiger partial charge in [0.05, 0.1) is 42.7 Å². The summed E-state index contributed by atoms with van der Waals surface area (Å²) in [7, 11) is -0.416. The molecule has 63 heavy (non-hydrogen) atoms. The first-order chi connectivity index (χ1) is 29.7. The quantitative estimate of drug-likeness (QED) is 0.119. The van der Waals surface area contributed by atoms with Crippen LogP contribution in [-0.4, -0.2) is 38.3 Å². The molecule has 0 N–H and O–H groups in total. The van der Waals surface area contributed by atoms with Gasteiger partial charge in [0.2, 0.25) is 0 Å². The first kappa shape index (κ1) is 47.3. The van der Waals surface area contributed by atoms with Gasteiger partial charge < -0.3 is 9.31 Å². The van der Waals surface area contributed by atoms with E-state index in [-0.39, 0.29) is 30.3 Å². The molecule has 0 unspecified atom stereocenters. The van der Waals surface area contributed by atoms with Crippen molar-refractivity contribution >= 4 is 94.8 Å². The lowest BCUT2D eigenvalue weighted by Gasteiger charge is -2.32. The Morgan fingerprint density at radius 3 is 1.62 bits per heavy atom. The molecule has 1 saturated heterocycles. The summed E-state index contributed by atoms with van der Waals surface area (Å²) in [5.74, 6) is -0.549. The van der Waals surface area contributed by atoms with E-state index < -0.39 is 7.12 Å². The number of pyridine rings is 2. The van der Waals surface area contributed by atoms with Gasteiger partial charge >= 0.3 is 7.12 Å². The molecule has 16 heteroatoms. The maximum Gasteiger partial charge on any atom is 0.496 e. The van der Waals surface area contributed by atoms with Gasteiger partial charge in [-0.15, -0.1) is 22.7 Å². The maximum atomic E-state index is 15.4. The van der Waals surface area contributed by atoms with Gasteiger partial charge in [-0.2, -0.15) is 10.5 Å². The van der Waals surface area contributed by atoms with E-state index in [2.05, 4.69) is 35.9 Å². The summed E-state index contributed by atoms with van der Waals surface area (Å²) >= 11 is 18.4. The number of nitrogens with zero attached hydrogens (tertiary/aromatic N) is 6. The molecule has 1 aliphatic rings. The van der Waals surface area contributed by atoms with E-state index >= 15 is 4.39 Å². The minimum atomic E-state index is -0.416. The highest BCUT2D eigenvalue weighted by molar-refractivity contribution is 9.08. The molecule has 0 spiro atoms. The first-order valence-electron chi connectivity index (χ1n) is 19.0. The number of hydrogen-bond donors (Lipinski definition) is 0. The molecule has 5 heterocycles. The van der Waals surface area contributed by atoms with Crippen LogP contribution in [0.15, 0.2) is 108 Å². The van der Waals surface area contributed by atoms with Gasteiger partial charge in [-0.3, -0.25) is 0 Å². The summed E-state index contributed by atoms with van der Waals surface area (Å²) in [5, 5.41) is 19.1. The van der Waals surface area contributed by atoms with Crippen LogP contribution in [0.5, 0.6) is 0 Å². The molecule has 4 aromatic heterocycles. The molecule has 0 aliphatic carbocycles. The van der Waals surface area contributed by atoms with Crippen molar-refractivity contribution < 1.29 is 18.1 Å². The lowest BCUT2D eigenvalue weighted by Crippen LogP contribution is -2.41. The van der Waals surface area contributed by atoms with Crippen molar-refractivity contribution in [3.8, 4) is 34.4 Å². The molecule has 0 radical (unpaired) electrons. The Labute approximate surface area is 391 Å². The molecule has 1 fully saturated rings. The van der Waals surface area contributed by atoms with E-state index in [9.17, 15) is 4.39 Å². The zero-order valence-corrected chi connectivity index (χ0v) is 38.3. The number of thiazole rings is 2. The Morgan fingerprint density at radius 1 is 0.683 bits per heavy atom. The van der Waals surface area contributed by atoms with E-state index in [4.69, 9.17) is 43.0 Å². The van der Waals surface area contributed by atoms with E-state index in [1.54, 1.807) is 71.9 Å². The van der Waals surface area contributed by atoms with E-state index in [0.29, 0.717) is 72.0 Å². The van der Waals surface area contributed by atoms with Crippen molar-refractivity contribution in [1.82, 2.24) is 19.9 Å². The van der Waals surface area contributed by atoms with Crippen molar-refractivity contribution in [1.29, 1.82) is 10.5 Å². The Bertz CT molecular complexity index is 2980. The Kier molecular flexibility index (Phi) is 15.1. The SMILES string of the molecule is C.CC1(C)OB(c2ccc(C#N)nc2)OC1(C)C.Fc1c(CBr)cc2scnc2c1-c1cccc(Cl)c1.N#Cc1ccc(Cc2cc3scnc3c(-c3cccc(Cl)c3)c2F)cn1. The molecule has 8 nitrogen and oxygen atoms in total. The maximum absolute atomic E-state index is 15.4. The van der Waals surface area contributed by atoms with Gasteiger partial charge in [-0.05, 0) is 98.5 Å². The van der Waals surface area contributed by atoms with E-state index in [1.807, 2.05) is 76.2 Å². The largest absolute Gasteiger partial charge is 0.496 e. The van der Waals surface area contributed by atoms with Crippen molar-refractivity contribution in [3.63, 3.8) is 0 Å². The zero-order chi connectivity index (χ0) is 44.2. The van der Waals surface area contributed by atoms with Crippen LogP contribution >= 0.6 is 61.8 Å². The minimum Gasteiger partial charge on any atom is -0.399 e. The summed E-state index contributed by atoms with van der Waals surface area (Å²) in [6.07, 6.45) is 3.61. The van der Waals surface area contributed by atoms with Crippen LogP contribution in [0.25, 0.3) is 42.7 Å². The van der Waals surface area contributed by atoms with Crippen LogP contribution in [0.4, 0.5) is 8.78 Å². The van der Waals surface area contributed by atoms with Crippen LogP contribution in [0, 0.1) is 34.3 Å². The molecule has 9 rings (SSSR count). The van der Waals surface area contributed by atoms with Crippen LogP contribution < -0.4 is 5.46 Å².